The van der Waals surface area contributed by atoms with Gasteiger partial charge in [0.1, 0.15) is 5.56 Å². The maximum Gasteiger partial charge on any atom is 0.257 e. The van der Waals surface area contributed by atoms with Crippen molar-refractivity contribution in [3.8, 4) is 10.6 Å². The Morgan fingerprint density at radius 2 is 2.15 bits per heavy atom. The average molecular weight is 366 g/mol. The number of carbonyl (C=O) groups excluding carboxylic acids is 1. The molecule has 7 nitrogen and oxygen atoms in total. The molecule has 0 aliphatic heterocycles. The Morgan fingerprint density at radius 3 is 2.85 bits per heavy atom. The maximum absolute atomic E-state index is 12.7. The lowest BCUT2D eigenvalue weighted by molar-refractivity contribution is 0.0952. The summed E-state index contributed by atoms with van der Waals surface area (Å²) in [5, 5.41) is 13.7. The molecule has 26 heavy (non-hydrogen) atoms. The third-order valence-corrected chi connectivity index (χ3v) is 5.40. The third-order valence-electron chi connectivity index (χ3n) is 4.50. The highest BCUT2D eigenvalue weighted by Crippen LogP contribution is 2.25. The van der Waals surface area contributed by atoms with Gasteiger partial charge in [0.2, 0.25) is 0 Å². The number of rotatable bonds is 4. The lowest BCUT2D eigenvalue weighted by atomic mass is 10.2. The second kappa shape index (κ2) is 6.38. The number of hydrogen-bond donors (Lipinski definition) is 1. The summed E-state index contributed by atoms with van der Waals surface area (Å²) in [6.07, 6.45) is 3.27. The molecule has 4 aromatic heterocycles. The van der Waals surface area contributed by atoms with Gasteiger partial charge in [-0.05, 0) is 31.4 Å². The number of aryl methyl sites for hydroxylation is 2. The molecule has 0 aliphatic rings. The molecule has 1 N–H and O–H groups in total. The van der Waals surface area contributed by atoms with Crippen molar-refractivity contribution in [1.29, 1.82) is 0 Å². The van der Waals surface area contributed by atoms with Gasteiger partial charge in [-0.2, -0.15) is 10.2 Å². The highest BCUT2D eigenvalue weighted by Gasteiger charge is 2.17. The number of thiophene rings is 1. The minimum Gasteiger partial charge on any atom is -0.348 e. The van der Waals surface area contributed by atoms with Gasteiger partial charge >= 0.3 is 0 Å². The van der Waals surface area contributed by atoms with Crippen LogP contribution in [0.5, 0.6) is 0 Å². The first-order chi connectivity index (χ1) is 12.6. The predicted molar refractivity (Wildman–Crippen MR) is 100 cm³/mol. The molecular formula is C18H18N6OS. The molecule has 4 aromatic rings. The van der Waals surface area contributed by atoms with E-state index in [0.29, 0.717) is 17.8 Å². The molecule has 132 valence electrons. The summed E-state index contributed by atoms with van der Waals surface area (Å²) in [5.41, 5.74) is 4.92. The molecule has 0 atom stereocenters. The fourth-order valence-corrected chi connectivity index (χ4v) is 3.74. The summed E-state index contributed by atoms with van der Waals surface area (Å²) in [6.45, 7) is 4.36. The van der Waals surface area contributed by atoms with E-state index >= 15 is 0 Å². The monoisotopic (exact) mass is 366 g/mol. The molecule has 0 saturated carbocycles. The number of fused-ring (bicyclic) bond motifs is 1. The van der Waals surface area contributed by atoms with Crippen molar-refractivity contribution in [2.24, 2.45) is 7.05 Å². The Kier molecular flexibility index (Phi) is 4.04. The Morgan fingerprint density at radius 1 is 1.31 bits per heavy atom. The van der Waals surface area contributed by atoms with Crippen LogP contribution < -0.4 is 5.32 Å². The molecule has 0 fully saturated rings. The summed E-state index contributed by atoms with van der Waals surface area (Å²) in [4.78, 5) is 18.1. The van der Waals surface area contributed by atoms with Crippen molar-refractivity contribution in [3.63, 3.8) is 0 Å². The molecule has 0 spiro atoms. The number of aromatic nitrogens is 5. The topological polar surface area (TPSA) is 77.1 Å². The van der Waals surface area contributed by atoms with Crippen molar-refractivity contribution >= 4 is 22.9 Å². The zero-order chi connectivity index (χ0) is 18.3. The van der Waals surface area contributed by atoms with Gasteiger partial charge in [0.05, 0.1) is 22.5 Å². The molecule has 4 rings (SSSR count). The Balaban J connectivity index is 1.63. The SMILES string of the molecule is Cc1nn(C)c(C)c1CNC(=O)c1cnn2c(-c3cccs3)ccnc12. The van der Waals surface area contributed by atoms with E-state index in [1.165, 1.54) is 0 Å². The van der Waals surface area contributed by atoms with Crippen LogP contribution in [0.4, 0.5) is 0 Å². The smallest absolute Gasteiger partial charge is 0.257 e. The molecule has 0 bridgehead atoms. The zero-order valence-electron chi connectivity index (χ0n) is 14.7. The second-order valence-electron chi connectivity index (χ2n) is 6.06. The van der Waals surface area contributed by atoms with Crippen LogP contribution in [0.15, 0.2) is 36.0 Å². The van der Waals surface area contributed by atoms with Crippen LogP contribution in [0.2, 0.25) is 0 Å². The standard InChI is InChI=1S/C18H18N6OS/c1-11-13(12(2)23(3)22-11)9-20-18(25)14-10-21-24-15(6-7-19-17(14)24)16-5-4-8-26-16/h4-8,10H,9H2,1-3H3,(H,20,25). The van der Waals surface area contributed by atoms with Crippen LogP contribution in [0.3, 0.4) is 0 Å². The lowest BCUT2D eigenvalue weighted by Gasteiger charge is -2.05. The summed E-state index contributed by atoms with van der Waals surface area (Å²) >= 11 is 1.62. The first-order valence-electron chi connectivity index (χ1n) is 8.20. The van der Waals surface area contributed by atoms with Gasteiger partial charge in [-0.3, -0.25) is 9.48 Å². The lowest BCUT2D eigenvalue weighted by Crippen LogP contribution is -2.23. The van der Waals surface area contributed by atoms with Crippen LogP contribution in [-0.2, 0) is 13.6 Å². The average Bonchev–Trinajstić information content (AvgIpc) is 3.34. The van der Waals surface area contributed by atoms with Gasteiger partial charge in [-0.1, -0.05) is 6.07 Å². The van der Waals surface area contributed by atoms with Crippen LogP contribution in [0, 0.1) is 13.8 Å². The normalized spacial score (nSPS) is 11.2. The van der Waals surface area contributed by atoms with Gasteiger partial charge in [-0.25, -0.2) is 9.50 Å². The maximum atomic E-state index is 12.7. The highest BCUT2D eigenvalue weighted by molar-refractivity contribution is 7.13. The van der Waals surface area contributed by atoms with Crippen molar-refractivity contribution in [2.45, 2.75) is 20.4 Å². The first-order valence-corrected chi connectivity index (χ1v) is 9.08. The molecule has 0 aromatic carbocycles. The van der Waals surface area contributed by atoms with Crippen molar-refractivity contribution in [1.82, 2.24) is 29.7 Å². The van der Waals surface area contributed by atoms with Gasteiger partial charge in [0.15, 0.2) is 5.65 Å². The van der Waals surface area contributed by atoms with Crippen molar-refractivity contribution < 1.29 is 4.79 Å². The molecule has 8 heteroatoms. The summed E-state index contributed by atoms with van der Waals surface area (Å²) in [7, 11) is 1.90. The molecular weight excluding hydrogens is 348 g/mol. The van der Waals surface area contributed by atoms with Gasteiger partial charge in [0, 0.05) is 31.0 Å². The molecule has 0 aliphatic carbocycles. The van der Waals surface area contributed by atoms with E-state index < -0.39 is 0 Å². The summed E-state index contributed by atoms with van der Waals surface area (Å²) < 4.78 is 3.53. The van der Waals surface area contributed by atoms with Crippen LogP contribution in [0.25, 0.3) is 16.2 Å². The van der Waals surface area contributed by atoms with Gasteiger partial charge < -0.3 is 5.32 Å². The van der Waals surface area contributed by atoms with E-state index in [1.54, 1.807) is 28.2 Å². The number of nitrogens with zero attached hydrogens (tertiary/aromatic N) is 5. The zero-order valence-corrected chi connectivity index (χ0v) is 15.5. The fraction of sp³-hybridized carbons (Fsp3) is 0.222. The molecule has 0 radical (unpaired) electrons. The highest BCUT2D eigenvalue weighted by atomic mass is 32.1. The quantitative estimate of drug-likeness (QED) is 0.602. The third kappa shape index (κ3) is 2.68. The molecule has 1 amide bonds. The van der Waals surface area contributed by atoms with Crippen molar-refractivity contribution in [3.05, 3.63) is 58.5 Å². The number of carbonyl (C=O) groups is 1. The summed E-state index contributed by atoms with van der Waals surface area (Å²) in [5.74, 6) is -0.196. The molecule has 0 unspecified atom stereocenters. The van der Waals surface area contributed by atoms with E-state index in [-0.39, 0.29) is 5.91 Å². The molecule has 0 saturated heterocycles. The van der Waals surface area contributed by atoms with Gasteiger partial charge in [0.25, 0.3) is 5.91 Å². The van der Waals surface area contributed by atoms with Crippen LogP contribution in [0.1, 0.15) is 27.3 Å². The predicted octanol–water partition coefficient (Wildman–Crippen LogP) is 2.74. The fourth-order valence-electron chi connectivity index (χ4n) is 3.00. The largest absolute Gasteiger partial charge is 0.348 e. The number of nitrogens with one attached hydrogen (secondary N) is 1. The van der Waals surface area contributed by atoms with E-state index in [0.717, 1.165) is 27.5 Å². The Bertz CT molecular complexity index is 1090. The Labute approximate surface area is 154 Å². The van der Waals surface area contributed by atoms with E-state index in [2.05, 4.69) is 20.5 Å². The van der Waals surface area contributed by atoms with Crippen LogP contribution in [-0.4, -0.2) is 30.3 Å². The van der Waals surface area contributed by atoms with Crippen LogP contribution >= 0.6 is 11.3 Å². The minimum absolute atomic E-state index is 0.196. The number of amides is 1. The first kappa shape index (κ1) is 16.5. The van der Waals surface area contributed by atoms with E-state index in [4.69, 9.17) is 0 Å². The minimum atomic E-state index is -0.196. The van der Waals surface area contributed by atoms with E-state index in [9.17, 15) is 4.79 Å². The Hall–Kier alpha value is -3.00. The number of hydrogen-bond acceptors (Lipinski definition) is 5. The van der Waals surface area contributed by atoms with Gasteiger partial charge in [-0.15, -0.1) is 11.3 Å². The summed E-state index contributed by atoms with van der Waals surface area (Å²) in [6, 6.07) is 5.91. The second-order valence-corrected chi connectivity index (χ2v) is 7.00. The van der Waals surface area contributed by atoms with E-state index in [1.807, 2.05) is 49.2 Å². The van der Waals surface area contributed by atoms with Crippen molar-refractivity contribution in [2.75, 3.05) is 0 Å². The molecule has 4 heterocycles.